The molecular weight excluding hydrogens is 248 g/mol. The summed E-state index contributed by atoms with van der Waals surface area (Å²) in [4.78, 5) is 5.76. The van der Waals surface area contributed by atoms with E-state index in [4.69, 9.17) is 4.84 Å². The number of likely N-dealkylation sites (N-methyl/N-ethyl adjacent to an activating group) is 1. The maximum absolute atomic E-state index is 5.76. The molecule has 0 saturated heterocycles. The van der Waals surface area contributed by atoms with Crippen molar-refractivity contribution in [3.05, 3.63) is 59.2 Å². The van der Waals surface area contributed by atoms with Crippen molar-refractivity contribution in [2.75, 3.05) is 13.6 Å². The molecule has 0 saturated carbocycles. The molecular formula is C17H20N2O. The Kier molecular flexibility index (Phi) is 3.45. The third-order valence-electron chi connectivity index (χ3n) is 3.96. The lowest BCUT2D eigenvalue weighted by molar-refractivity contribution is -0.00738. The van der Waals surface area contributed by atoms with Gasteiger partial charge < -0.3 is 10.2 Å². The number of allylic oxidation sites excluding steroid dienone is 3. The van der Waals surface area contributed by atoms with Gasteiger partial charge in [-0.1, -0.05) is 53.2 Å². The third-order valence-corrected chi connectivity index (χ3v) is 3.96. The van der Waals surface area contributed by atoms with Gasteiger partial charge in [0.1, 0.15) is 0 Å². The quantitative estimate of drug-likeness (QED) is 0.910. The Balaban J connectivity index is 1.69. The number of benzene rings is 1. The lowest BCUT2D eigenvalue weighted by atomic mass is 9.88. The number of hydrogen-bond acceptors (Lipinski definition) is 3. The summed E-state index contributed by atoms with van der Waals surface area (Å²) in [6.45, 7) is 3.04. The number of nitrogens with one attached hydrogen (secondary N) is 1. The number of rotatable bonds is 4. The van der Waals surface area contributed by atoms with Crippen LogP contribution < -0.4 is 5.32 Å². The molecule has 0 amide bonds. The molecule has 2 aliphatic rings. The maximum atomic E-state index is 5.76. The summed E-state index contributed by atoms with van der Waals surface area (Å²) in [7, 11) is 1.97. The molecule has 1 N–H and O–H groups in total. The molecule has 1 aromatic carbocycles. The van der Waals surface area contributed by atoms with Crippen molar-refractivity contribution in [3.8, 4) is 0 Å². The van der Waals surface area contributed by atoms with Gasteiger partial charge in [-0.05, 0) is 31.5 Å². The van der Waals surface area contributed by atoms with Gasteiger partial charge in [0.15, 0.2) is 5.60 Å². The molecule has 1 heterocycles. The van der Waals surface area contributed by atoms with Crippen molar-refractivity contribution in [1.82, 2.24) is 5.32 Å². The molecule has 3 heteroatoms. The lowest BCUT2D eigenvalue weighted by Gasteiger charge is -2.21. The average molecular weight is 268 g/mol. The van der Waals surface area contributed by atoms with Crippen molar-refractivity contribution >= 4 is 5.71 Å². The van der Waals surface area contributed by atoms with E-state index in [0.29, 0.717) is 0 Å². The SMILES string of the molecule is CNCC1=CC=C(C2=NOC(C)(c3ccccc3)C2)C1. The van der Waals surface area contributed by atoms with Crippen molar-refractivity contribution in [3.63, 3.8) is 0 Å². The molecule has 1 aliphatic carbocycles. The van der Waals surface area contributed by atoms with Gasteiger partial charge in [0.2, 0.25) is 0 Å². The van der Waals surface area contributed by atoms with E-state index in [1.807, 2.05) is 25.2 Å². The van der Waals surface area contributed by atoms with Crippen molar-refractivity contribution < 1.29 is 4.84 Å². The fraction of sp³-hybridized carbons (Fsp3) is 0.353. The van der Waals surface area contributed by atoms with E-state index in [-0.39, 0.29) is 5.60 Å². The van der Waals surface area contributed by atoms with E-state index in [1.54, 1.807) is 0 Å². The lowest BCUT2D eigenvalue weighted by Crippen LogP contribution is -2.22. The van der Waals surface area contributed by atoms with Gasteiger partial charge in [0, 0.05) is 13.0 Å². The monoisotopic (exact) mass is 268 g/mol. The number of oxime groups is 1. The van der Waals surface area contributed by atoms with Crippen LogP contribution in [0.5, 0.6) is 0 Å². The van der Waals surface area contributed by atoms with Gasteiger partial charge in [-0.3, -0.25) is 0 Å². The third kappa shape index (κ3) is 2.41. The molecule has 0 aromatic heterocycles. The molecule has 1 aromatic rings. The highest BCUT2D eigenvalue weighted by Gasteiger charge is 2.37. The predicted molar refractivity (Wildman–Crippen MR) is 81.6 cm³/mol. The minimum absolute atomic E-state index is 0.330. The Morgan fingerprint density at radius 1 is 1.25 bits per heavy atom. The minimum atomic E-state index is -0.330. The van der Waals surface area contributed by atoms with Crippen LogP contribution in [0, 0.1) is 0 Å². The highest BCUT2D eigenvalue weighted by molar-refractivity contribution is 6.02. The Labute approximate surface area is 120 Å². The zero-order valence-corrected chi connectivity index (χ0v) is 12.0. The number of hydrogen-bond donors (Lipinski definition) is 1. The second-order valence-electron chi connectivity index (χ2n) is 5.63. The first kappa shape index (κ1) is 13.1. The molecule has 3 rings (SSSR count). The second-order valence-corrected chi connectivity index (χ2v) is 5.63. The molecule has 20 heavy (non-hydrogen) atoms. The zero-order valence-electron chi connectivity index (χ0n) is 12.0. The first-order chi connectivity index (χ1) is 9.71. The molecule has 0 bridgehead atoms. The van der Waals surface area contributed by atoms with Crippen LogP contribution in [0.2, 0.25) is 0 Å². The van der Waals surface area contributed by atoms with Crippen LogP contribution >= 0.6 is 0 Å². The van der Waals surface area contributed by atoms with Crippen LogP contribution in [0.25, 0.3) is 0 Å². The summed E-state index contributed by atoms with van der Waals surface area (Å²) in [6.07, 6.45) is 6.18. The van der Waals surface area contributed by atoms with Gasteiger partial charge in [0.05, 0.1) is 5.71 Å². The van der Waals surface area contributed by atoms with E-state index in [9.17, 15) is 0 Å². The van der Waals surface area contributed by atoms with Gasteiger partial charge in [-0.25, -0.2) is 0 Å². The molecule has 0 fully saturated rings. The van der Waals surface area contributed by atoms with Gasteiger partial charge in [0.25, 0.3) is 0 Å². The van der Waals surface area contributed by atoms with Crippen LogP contribution in [0.1, 0.15) is 25.3 Å². The smallest absolute Gasteiger partial charge is 0.165 e. The first-order valence-electron chi connectivity index (χ1n) is 7.05. The summed E-state index contributed by atoms with van der Waals surface area (Å²) in [6, 6.07) is 10.3. The van der Waals surface area contributed by atoms with Crippen LogP contribution in [-0.4, -0.2) is 19.3 Å². The van der Waals surface area contributed by atoms with Crippen LogP contribution in [0.3, 0.4) is 0 Å². The summed E-state index contributed by atoms with van der Waals surface area (Å²) in [5.41, 5.74) is 4.62. The van der Waals surface area contributed by atoms with Crippen LogP contribution in [-0.2, 0) is 10.4 Å². The standard InChI is InChI=1S/C17H20N2O/c1-17(15-6-4-3-5-7-15)11-16(19-20-17)14-9-8-13(10-14)12-18-2/h3-9,18H,10-12H2,1-2H3. The zero-order chi connectivity index (χ0) is 14.0. The maximum Gasteiger partial charge on any atom is 0.165 e. The topological polar surface area (TPSA) is 33.6 Å². The van der Waals surface area contributed by atoms with E-state index in [2.05, 4.69) is 41.7 Å². The summed E-state index contributed by atoms with van der Waals surface area (Å²) < 4.78 is 0. The molecule has 1 aliphatic heterocycles. The Morgan fingerprint density at radius 3 is 2.80 bits per heavy atom. The summed E-state index contributed by atoms with van der Waals surface area (Å²) in [5.74, 6) is 0. The van der Waals surface area contributed by atoms with Crippen molar-refractivity contribution in [1.29, 1.82) is 0 Å². The van der Waals surface area contributed by atoms with E-state index < -0.39 is 0 Å². The van der Waals surface area contributed by atoms with Crippen molar-refractivity contribution in [2.45, 2.75) is 25.4 Å². The van der Waals surface area contributed by atoms with Gasteiger partial charge >= 0.3 is 0 Å². The second kappa shape index (κ2) is 5.25. The molecule has 104 valence electrons. The van der Waals surface area contributed by atoms with Crippen LogP contribution in [0.15, 0.2) is 58.8 Å². The Morgan fingerprint density at radius 2 is 2.05 bits per heavy atom. The number of nitrogens with zero attached hydrogens (tertiary/aromatic N) is 1. The van der Waals surface area contributed by atoms with Crippen molar-refractivity contribution in [2.24, 2.45) is 5.16 Å². The minimum Gasteiger partial charge on any atom is -0.384 e. The fourth-order valence-corrected chi connectivity index (χ4v) is 2.79. The summed E-state index contributed by atoms with van der Waals surface area (Å²) in [5, 5.41) is 7.53. The fourth-order valence-electron chi connectivity index (χ4n) is 2.79. The summed E-state index contributed by atoms with van der Waals surface area (Å²) >= 11 is 0. The first-order valence-corrected chi connectivity index (χ1v) is 7.05. The Bertz CT molecular complexity index is 586. The van der Waals surface area contributed by atoms with Gasteiger partial charge in [-0.15, -0.1) is 0 Å². The molecule has 1 unspecified atom stereocenters. The Hall–Kier alpha value is -1.87. The molecule has 0 radical (unpaired) electrons. The highest BCUT2D eigenvalue weighted by atomic mass is 16.7. The van der Waals surface area contributed by atoms with Crippen LogP contribution in [0.4, 0.5) is 0 Å². The highest BCUT2D eigenvalue weighted by Crippen LogP contribution is 2.37. The van der Waals surface area contributed by atoms with E-state index in [1.165, 1.54) is 16.7 Å². The largest absolute Gasteiger partial charge is 0.384 e. The molecule has 1 atom stereocenters. The normalized spacial score (nSPS) is 25.0. The van der Waals surface area contributed by atoms with E-state index >= 15 is 0 Å². The molecule has 0 spiro atoms. The predicted octanol–water partition coefficient (Wildman–Crippen LogP) is 3.15. The average Bonchev–Trinajstić information content (AvgIpc) is 3.08. The van der Waals surface area contributed by atoms with Gasteiger partial charge in [-0.2, -0.15) is 0 Å². The van der Waals surface area contributed by atoms with E-state index in [0.717, 1.165) is 25.1 Å². The molecule has 3 nitrogen and oxygen atoms in total.